The van der Waals surface area contributed by atoms with E-state index in [0.717, 1.165) is 99.0 Å². The maximum absolute atomic E-state index is 14.3. The van der Waals surface area contributed by atoms with Crippen LogP contribution in [-0.4, -0.2) is 59.1 Å². The number of rotatable bonds is 22. The second kappa shape index (κ2) is 38.8. The largest absolute Gasteiger partial charge is 0.508 e. The Bertz CT molecular complexity index is 6800. The fraction of sp³-hybridized carbons (Fsp3) is 0.0900. The van der Waals surface area contributed by atoms with E-state index in [2.05, 4.69) is 31.0 Å². The van der Waals surface area contributed by atoms with Crippen molar-refractivity contribution in [3.63, 3.8) is 0 Å². The van der Waals surface area contributed by atoms with Gasteiger partial charge in [0.25, 0.3) is 5.92 Å². The number of pyridine rings is 1. The third-order valence-corrected chi connectivity index (χ3v) is 23.7. The molecule has 0 saturated heterocycles. The molecule has 0 bridgehead atoms. The number of nitrogens with zero attached hydrogens (tertiary/aromatic N) is 1. The molecular formula is C100H75F6NO14S4. The number of fused-ring (bicyclic) bond motifs is 4. The topological polar surface area (TPSA) is 239 Å². The fourth-order valence-electron chi connectivity index (χ4n) is 13.1. The van der Waals surface area contributed by atoms with Crippen LogP contribution >= 0.6 is 45.3 Å². The maximum atomic E-state index is 14.3. The van der Waals surface area contributed by atoms with Crippen LogP contribution in [0.3, 0.4) is 0 Å². The molecule has 15 nitrogen and oxygen atoms in total. The highest BCUT2D eigenvalue weighted by atomic mass is 32.1. The van der Waals surface area contributed by atoms with Crippen LogP contribution in [0.2, 0.25) is 0 Å². The van der Waals surface area contributed by atoms with E-state index in [0.29, 0.717) is 94.1 Å². The molecule has 0 aliphatic rings. The summed E-state index contributed by atoms with van der Waals surface area (Å²) in [5.41, 5.74) is 7.03. The first-order valence-electron chi connectivity index (χ1n) is 38.5. The van der Waals surface area contributed by atoms with Gasteiger partial charge in [-0.3, -0.25) is 14.6 Å². The summed E-state index contributed by atoms with van der Waals surface area (Å²) in [6, 6.07) is 68.9. The Morgan fingerprint density at radius 2 is 0.784 bits per heavy atom. The summed E-state index contributed by atoms with van der Waals surface area (Å²) in [7, 11) is 0. The van der Waals surface area contributed by atoms with Crippen LogP contribution in [0, 0.1) is 12.7 Å². The van der Waals surface area contributed by atoms with Gasteiger partial charge in [-0.1, -0.05) is 129 Å². The molecule has 0 amide bonds. The van der Waals surface area contributed by atoms with E-state index in [4.69, 9.17) is 29.2 Å². The number of carboxylic acid groups (broad SMARTS) is 2. The van der Waals surface area contributed by atoms with Gasteiger partial charge in [0, 0.05) is 70.5 Å². The number of ether oxygens (including phenoxy) is 4. The molecule has 0 radical (unpaired) electrons. The molecule has 16 aromatic rings. The van der Waals surface area contributed by atoms with Crippen LogP contribution < -0.4 is 18.9 Å². The van der Waals surface area contributed by atoms with Crippen molar-refractivity contribution in [1.29, 1.82) is 0 Å². The summed E-state index contributed by atoms with van der Waals surface area (Å²) in [6.45, 7) is 10.0. The van der Waals surface area contributed by atoms with Crippen LogP contribution in [0.1, 0.15) is 85.2 Å². The number of halogens is 6. The number of carbonyl (C=O) groups is 4. The first kappa shape index (κ1) is 88.4. The number of phenols is 4. The van der Waals surface area contributed by atoms with Crippen LogP contribution in [0.5, 0.6) is 69.0 Å². The number of aromatic hydroxyl groups is 4. The molecule has 6 N–H and O–H groups in total. The molecular weight excluding hydrogens is 1680 g/mol. The number of hydrogen-bond acceptors (Lipinski definition) is 17. The van der Waals surface area contributed by atoms with Crippen LogP contribution in [0.4, 0.5) is 26.3 Å². The molecule has 125 heavy (non-hydrogen) atoms. The number of thiophene rings is 4. The second-order valence-electron chi connectivity index (χ2n) is 28.7. The lowest BCUT2D eigenvalue weighted by Gasteiger charge is -2.16. The van der Waals surface area contributed by atoms with Crippen molar-refractivity contribution in [2.45, 2.75) is 59.6 Å². The van der Waals surface area contributed by atoms with Crippen molar-refractivity contribution in [2.24, 2.45) is 0 Å². The van der Waals surface area contributed by atoms with Gasteiger partial charge in [-0.05, 0) is 241 Å². The molecule has 16 rings (SSSR count). The minimum Gasteiger partial charge on any atom is -0.508 e. The number of phenolic OH excluding ortho intramolecular Hbond substituents is 4. The van der Waals surface area contributed by atoms with E-state index >= 15 is 0 Å². The number of aromatic nitrogens is 1. The molecule has 25 heteroatoms. The predicted molar refractivity (Wildman–Crippen MR) is 486 cm³/mol. The first-order chi connectivity index (χ1) is 59.7. The maximum Gasteiger partial charge on any atom is 0.416 e. The minimum absolute atomic E-state index is 0.0115. The fourth-order valence-corrected chi connectivity index (χ4v) is 17.9. The first-order valence-corrected chi connectivity index (χ1v) is 41.7. The van der Waals surface area contributed by atoms with Gasteiger partial charge in [0.15, 0.2) is 34.6 Å². The number of aryl methyl sites for hydroxylation is 1. The second-order valence-corrected chi connectivity index (χ2v) is 32.9. The van der Waals surface area contributed by atoms with Gasteiger partial charge < -0.3 is 49.6 Å². The number of ketones is 2. The molecule has 5 aromatic heterocycles. The van der Waals surface area contributed by atoms with Crippen LogP contribution in [0.25, 0.3) is 106 Å². The molecule has 5 heterocycles. The summed E-state index contributed by atoms with van der Waals surface area (Å²) in [5.74, 6) is -0.120. The smallest absolute Gasteiger partial charge is 0.416 e. The number of aliphatic carboxylic acids is 2. The van der Waals surface area contributed by atoms with E-state index in [1.165, 1.54) is 120 Å². The Hall–Kier alpha value is -14.4. The number of alkyl halides is 5. The predicted octanol–water partition coefficient (Wildman–Crippen LogP) is 28.8. The lowest BCUT2D eigenvalue weighted by atomic mass is 9.96. The molecule has 11 aromatic carbocycles. The molecule has 0 aliphatic carbocycles. The number of allylic oxidation sites excluding steroid dienone is 2. The minimum atomic E-state index is -4.41. The summed E-state index contributed by atoms with van der Waals surface area (Å²) < 4.78 is 109. The molecule has 0 spiro atoms. The van der Waals surface area contributed by atoms with Gasteiger partial charge in [0.2, 0.25) is 0 Å². The Kier molecular flexibility index (Phi) is 27.4. The lowest BCUT2D eigenvalue weighted by Crippen LogP contribution is -2.08. The zero-order valence-corrected chi connectivity index (χ0v) is 70.5. The molecule has 0 saturated carbocycles. The van der Waals surface area contributed by atoms with E-state index in [1.807, 2.05) is 55.5 Å². The molecule has 0 atom stereocenters. The molecule has 0 unspecified atom stereocenters. The highest BCUT2D eigenvalue weighted by Crippen LogP contribution is 2.54. The molecule has 0 fully saturated rings. The van der Waals surface area contributed by atoms with Gasteiger partial charge in [0.05, 0.1) is 37.0 Å². The number of carboxylic acids is 2. The van der Waals surface area contributed by atoms with Gasteiger partial charge in [-0.25, -0.2) is 22.8 Å². The summed E-state index contributed by atoms with van der Waals surface area (Å²) >= 11 is 5.65. The van der Waals surface area contributed by atoms with E-state index in [9.17, 15) is 65.9 Å². The van der Waals surface area contributed by atoms with Crippen LogP contribution in [-0.2, 0) is 31.3 Å². The highest BCUT2D eigenvalue weighted by molar-refractivity contribution is 7.24. The Labute approximate surface area is 728 Å². The van der Waals surface area contributed by atoms with E-state index in [-0.39, 0.29) is 45.9 Å². The van der Waals surface area contributed by atoms with Crippen LogP contribution in [0.15, 0.2) is 279 Å². The summed E-state index contributed by atoms with van der Waals surface area (Å²) in [5, 5.41) is 60.3. The number of benzene rings is 11. The zero-order chi connectivity index (χ0) is 89.0. The number of carbonyl (C=O) groups excluding carboxylic acids is 2. The monoisotopic (exact) mass is 1760 g/mol. The van der Waals surface area contributed by atoms with Gasteiger partial charge in [0.1, 0.15) is 51.8 Å². The van der Waals surface area contributed by atoms with Crippen molar-refractivity contribution < 1.29 is 95.1 Å². The Morgan fingerprint density at radius 1 is 0.408 bits per heavy atom. The normalized spacial score (nSPS) is 11.6. The molecule has 630 valence electrons. The SMILES string of the molecule is CC(=O)/C=C/c1ccc(Oc2c(-c3ccc(C(F)(F)F)cc3)sc3cc(O)ccc23)cc1.CC(=O)/C=C/c1ccc(Oc2c(-c3ccc(F)cc3C)sc3cc(O)ccc23)cc1.CC(C)c1ccccc1-c1sc2cc(O)ccc2c1Oc1ccc(/C=C/C(=O)O)nc1.CC(F)(F)c1ccccc1-c1sc2cc(O)ccc2c1Oc1ccc(/C=C/C(=O)O)cc1. The van der Waals surface area contributed by atoms with E-state index in [1.54, 1.807) is 163 Å². The van der Waals surface area contributed by atoms with Gasteiger partial charge in [-0.2, -0.15) is 13.2 Å². The lowest BCUT2D eigenvalue weighted by molar-refractivity contribution is -0.137. The Balaban J connectivity index is 0.000000143. The van der Waals surface area contributed by atoms with Gasteiger partial charge in [-0.15, -0.1) is 45.3 Å². The highest BCUT2D eigenvalue weighted by Gasteiger charge is 2.33. The van der Waals surface area contributed by atoms with Crippen molar-refractivity contribution >= 4 is 134 Å². The van der Waals surface area contributed by atoms with Crippen molar-refractivity contribution in [3.8, 4) is 111 Å². The third kappa shape index (κ3) is 22.3. The zero-order valence-electron chi connectivity index (χ0n) is 67.2. The van der Waals surface area contributed by atoms with Gasteiger partial charge >= 0.3 is 18.1 Å². The Morgan fingerprint density at radius 3 is 1.18 bits per heavy atom. The molecule has 0 aliphatic heterocycles. The quantitative estimate of drug-likeness (QED) is 0.0273. The summed E-state index contributed by atoms with van der Waals surface area (Å²) in [6.07, 6.45) is 8.56. The summed E-state index contributed by atoms with van der Waals surface area (Å²) in [4.78, 5) is 50.9. The third-order valence-electron chi connectivity index (χ3n) is 19.0. The average Bonchev–Trinajstić information content (AvgIpc) is 1.64. The van der Waals surface area contributed by atoms with Crippen molar-refractivity contribution in [1.82, 2.24) is 4.98 Å². The van der Waals surface area contributed by atoms with E-state index < -0.39 is 29.6 Å². The number of hydrogen-bond donors (Lipinski definition) is 6. The van der Waals surface area contributed by atoms with Crippen molar-refractivity contribution in [2.75, 3.05) is 0 Å². The average molecular weight is 1760 g/mol. The standard InChI is InChI=1S/C25H17F3O3S.C25H18F2O4S.C25H19FO3S.C25H21NO4S/c1-15(29)2-3-16-4-11-20(12-5-16)31-23-21-13-10-19(30)14-22(21)32-24(23)17-6-8-18(9-7-17)25(26,27)28;1-25(26,27)20-5-3-2-4-18(20)24-23(19-12-9-16(28)14-21(19)32-24)31-17-10-6-15(7-11-17)8-13-22(29)30;1-15-13-18(26)7-11-21(15)25-24(22-12-8-19(28)14-23(22)30-25)29-20-9-5-17(6-10-20)4-3-16(2)27;1-15(2)19-5-3-4-6-20(19)25-24(21-11-9-17(27)13-22(21)31-25)30-18-10-7-16(26-14-18)8-12-23(28)29/h2-14,30H,1H3;2-14,28H,1H3,(H,29,30);3-14,28H,1-2H3;3-15,27H,1-2H3,(H,28,29)/b3-2+;13-8+;4-3+;12-8+. The van der Waals surface area contributed by atoms with Crippen molar-refractivity contribution in [3.05, 3.63) is 330 Å².